The van der Waals surface area contributed by atoms with Crippen molar-refractivity contribution in [2.45, 2.75) is 40.3 Å². The Morgan fingerprint density at radius 1 is 1.14 bits per heavy atom. The summed E-state index contributed by atoms with van der Waals surface area (Å²) in [5.74, 6) is 1.02. The van der Waals surface area contributed by atoms with Crippen LogP contribution in [0.25, 0.3) is 0 Å². The van der Waals surface area contributed by atoms with E-state index in [2.05, 4.69) is 74.3 Å². The highest BCUT2D eigenvalue weighted by atomic mass is 15.2. The lowest BCUT2D eigenvalue weighted by atomic mass is 10.2. The number of nitrogens with zero attached hydrogens (tertiary/aromatic N) is 2. The molecule has 0 bridgehead atoms. The summed E-state index contributed by atoms with van der Waals surface area (Å²) in [6.45, 7) is 10.3. The van der Waals surface area contributed by atoms with Gasteiger partial charge in [-0.2, -0.15) is 0 Å². The Labute approximate surface area is 128 Å². The van der Waals surface area contributed by atoms with Crippen LogP contribution >= 0.6 is 0 Å². The van der Waals surface area contributed by atoms with Crippen LogP contribution < -0.4 is 10.2 Å². The lowest BCUT2D eigenvalue weighted by Gasteiger charge is -2.23. The first-order chi connectivity index (χ1) is 10.1. The number of benzene rings is 1. The molecular weight excluding hydrogens is 258 g/mol. The van der Waals surface area contributed by atoms with E-state index in [-0.39, 0.29) is 0 Å². The molecule has 0 saturated heterocycles. The summed E-state index contributed by atoms with van der Waals surface area (Å²) in [6.07, 6.45) is 0. The highest BCUT2D eigenvalue weighted by Crippen LogP contribution is 2.24. The van der Waals surface area contributed by atoms with Gasteiger partial charge in [0.2, 0.25) is 0 Å². The standard InChI is InChI=1S/C18H25N3/c1-5-21(17-9-7-6-8-10-17)18-12-16(11-15(4)20-18)13-19-14(2)3/h6-12,14,19H,5,13H2,1-4H3. The van der Waals surface area contributed by atoms with Crippen molar-refractivity contribution in [1.82, 2.24) is 10.3 Å². The van der Waals surface area contributed by atoms with E-state index in [1.165, 1.54) is 11.3 Å². The number of aromatic nitrogens is 1. The van der Waals surface area contributed by atoms with Crippen LogP contribution in [0, 0.1) is 6.92 Å². The molecule has 21 heavy (non-hydrogen) atoms. The third-order valence-corrected chi connectivity index (χ3v) is 3.37. The van der Waals surface area contributed by atoms with Gasteiger partial charge in [-0.3, -0.25) is 0 Å². The summed E-state index contributed by atoms with van der Waals surface area (Å²) in [4.78, 5) is 6.95. The van der Waals surface area contributed by atoms with Gasteiger partial charge in [0, 0.05) is 30.5 Å². The first-order valence-corrected chi connectivity index (χ1v) is 7.63. The van der Waals surface area contributed by atoms with E-state index in [1.807, 2.05) is 6.07 Å². The molecule has 0 aliphatic heterocycles. The van der Waals surface area contributed by atoms with Crippen LogP contribution in [-0.4, -0.2) is 17.6 Å². The molecule has 0 amide bonds. The molecule has 2 rings (SSSR count). The van der Waals surface area contributed by atoms with Crippen LogP contribution in [0.5, 0.6) is 0 Å². The lowest BCUT2D eigenvalue weighted by molar-refractivity contribution is 0.588. The average molecular weight is 283 g/mol. The Balaban J connectivity index is 2.29. The number of hydrogen-bond donors (Lipinski definition) is 1. The molecule has 112 valence electrons. The highest BCUT2D eigenvalue weighted by molar-refractivity contribution is 5.60. The van der Waals surface area contributed by atoms with Gasteiger partial charge in [-0.25, -0.2) is 4.98 Å². The largest absolute Gasteiger partial charge is 0.327 e. The van der Waals surface area contributed by atoms with E-state index in [0.29, 0.717) is 6.04 Å². The molecule has 0 saturated carbocycles. The van der Waals surface area contributed by atoms with Gasteiger partial charge in [-0.05, 0) is 43.7 Å². The maximum Gasteiger partial charge on any atom is 0.133 e. The molecule has 0 fully saturated rings. The van der Waals surface area contributed by atoms with E-state index in [1.54, 1.807) is 0 Å². The van der Waals surface area contributed by atoms with Crippen molar-refractivity contribution in [3.8, 4) is 0 Å². The van der Waals surface area contributed by atoms with Crippen LogP contribution in [0.4, 0.5) is 11.5 Å². The maximum atomic E-state index is 4.71. The fourth-order valence-corrected chi connectivity index (χ4v) is 2.37. The zero-order valence-electron chi connectivity index (χ0n) is 13.4. The van der Waals surface area contributed by atoms with Crippen molar-refractivity contribution in [1.29, 1.82) is 0 Å². The van der Waals surface area contributed by atoms with Crippen molar-refractivity contribution in [3.05, 3.63) is 53.7 Å². The smallest absolute Gasteiger partial charge is 0.133 e. The monoisotopic (exact) mass is 283 g/mol. The highest BCUT2D eigenvalue weighted by Gasteiger charge is 2.10. The van der Waals surface area contributed by atoms with Crippen molar-refractivity contribution in [2.24, 2.45) is 0 Å². The summed E-state index contributed by atoms with van der Waals surface area (Å²) < 4.78 is 0. The number of pyridine rings is 1. The van der Waals surface area contributed by atoms with Crippen LogP contribution in [-0.2, 0) is 6.54 Å². The Morgan fingerprint density at radius 3 is 2.48 bits per heavy atom. The van der Waals surface area contributed by atoms with E-state index in [9.17, 15) is 0 Å². The average Bonchev–Trinajstić information content (AvgIpc) is 2.46. The van der Waals surface area contributed by atoms with Gasteiger partial charge in [-0.1, -0.05) is 32.0 Å². The molecule has 2 aromatic rings. The minimum Gasteiger partial charge on any atom is -0.327 e. The predicted octanol–water partition coefficient (Wildman–Crippen LogP) is 4.05. The quantitative estimate of drug-likeness (QED) is 0.867. The second-order valence-electron chi connectivity index (χ2n) is 5.59. The van der Waals surface area contributed by atoms with Gasteiger partial charge < -0.3 is 10.2 Å². The minimum atomic E-state index is 0.485. The van der Waals surface area contributed by atoms with Gasteiger partial charge in [0.15, 0.2) is 0 Å². The van der Waals surface area contributed by atoms with Crippen LogP contribution in [0.2, 0.25) is 0 Å². The van der Waals surface area contributed by atoms with Gasteiger partial charge in [-0.15, -0.1) is 0 Å². The number of anilines is 2. The molecule has 0 aliphatic carbocycles. The molecule has 1 heterocycles. The molecule has 1 aromatic heterocycles. The number of rotatable bonds is 6. The van der Waals surface area contributed by atoms with Crippen molar-refractivity contribution < 1.29 is 0 Å². The third-order valence-electron chi connectivity index (χ3n) is 3.37. The fourth-order valence-electron chi connectivity index (χ4n) is 2.37. The molecule has 3 heteroatoms. The molecule has 1 aromatic carbocycles. The summed E-state index contributed by atoms with van der Waals surface area (Å²) in [6, 6.07) is 15.2. The Hall–Kier alpha value is -1.87. The van der Waals surface area contributed by atoms with Crippen molar-refractivity contribution >= 4 is 11.5 Å². The molecule has 1 N–H and O–H groups in total. The Kier molecular flexibility index (Phi) is 5.34. The second kappa shape index (κ2) is 7.23. The summed E-state index contributed by atoms with van der Waals surface area (Å²) in [5.41, 5.74) is 3.52. The summed E-state index contributed by atoms with van der Waals surface area (Å²) in [5, 5.41) is 3.47. The SMILES string of the molecule is CCN(c1ccccc1)c1cc(CNC(C)C)cc(C)n1. The van der Waals surface area contributed by atoms with Gasteiger partial charge in [0.05, 0.1) is 0 Å². The Bertz CT molecular complexity index is 564. The van der Waals surface area contributed by atoms with E-state index in [0.717, 1.165) is 24.6 Å². The van der Waals surface area contributed by atoms with Gasteiger partial charge >= 0.3 is 0 Å². The zero-order chi connectivity index (χ0) is 15.2. The van der Waals surface area contributed by atoms with Gasteiger partial charge in [0.25, 0.3) is 0 Å². The number of para-hydroxylation sites is 1. The van der Waals surface area contributed by atoms with E-state index < -0.39 is 0 Å². The summed E-state index contributed by atoms with van der Waals surface area (Å²) >= 11 is 0. The molecule has 3 nitrogen and oxygen atoms in total. The van der Waals surface area contributed by atoms with Crippen LogP contribution in [0.15, 0.2) is 42.5 Å². The van der Waals surface area contributed by atoms with E-state index >= 15 is 0 Å². The molecular formula is C18H25N3. The normalized spacial score (nSPS) is 10.9. The molecule has 0 radical (unpaired) electrons. The third kappa shape index (κ3) is 4.30. The first-order valence-electron chi connectivity index (χ1n) is 7.63. The number of aryl methyl sites for hydroxylation is 1. The number of hydrogen-bond acceptors (Lipinski definition) is 3. The summed E-state index contributed by atoms with van der Waals surface area (Å²) in [7, 11) is 0. The van der Waals surface area contributed by atoms with Gasteiger partial charge in [0.1, 0.15) is 5.82 Å². The van der Waals surface area contributed by atoms with Crippen LogP contribution in [0.1, 0.15) is 32.0 Å². The topological polar surface area (TPSA) is 28.2 Å². The first kappa shape index (κ1) is 15.5. The van der Waals surface area contributed by atoms with Crippen molar-refractivity contribution in [3.63, 3.8) is 0 Å². The van der Waals surface area contributed by atoms with Crippen LogP contribution in [0.3, 0.4) is 0 Å². The molecule has 0 atom stereocenters. The predicted molar refractivity (Wildman–Crippen MR) is 90.1 cm³/mol. The second-order valence-corrected chi connectivity index (χ2v) is 5.59. The van der Waals surface area contributed by atoms with Crippen molar-refractivity contribution in [2.75, 3.05) is 11.4 Å². The fraction of sp³-hybridized carbons (Fsp3) is 0.389. The minimum absolute atomic E-state index is 0.485. The van der Waals surface area contributed by atoms with E-state index in [4.69, 9.17) is 4.98 Å². The molecule has 0 unspecified atom stereocenters. The lowest BCUT2D eigenvalue weighted by Crippen LogP contribution is -2.23. The maximum absolute atomic E-state index is 4.71. The Morgan fingerprint density at radius 2 is 1.86 bits per heavy atom. The number of nitrogens with one attached hydrogen (secondary N) is 1. The zero-order valence-corrected chi connectivity index (χ0v) is 13.4. The molecule has 0 aliphatic rings. The molecule has 0 spiro atoms.